The van der Waals surface area contributed by atoms with E-state index in [1.54, 1.807) is 0 Å². The number of pyridine rings is 1. The third kappa shape index (κ3) is 5.22. The molecular weight excluding hydrogens is 625 g/mol. The van der Waals surface area contributed by atoms with Crippen molar-refractivity contribution in [2.24, 2.45) is 0 Å². The first-order valence-corrected chi connectivity index (χ1v) is 18.6. The standard InChI is InChI=1S/C47H32NOP/c49-50(39-26-19-35(20-27-39)44-16-7-12-33-9-1-4-14-42(33)44,40-28-21-36(22-29-40)45-17-8-13-34-10-2-5-15-43(34)45)41-30-23-38(24-31-41)47-32-25-37-11-3-6-18-46(37)48-47/h1-32H. The molecule has 0 spiro atoms. The van der Waals surface area contributed by atoms with E-state index in [1.807, 2.05) is 42.5 Å². The molecule has 50 heavy (non-hydrogen) atoms. The number of benzene rings is 8. The quantitative estimate of drug-likeness (QED) is 0.167. The molecule has 2 nitrogen and oxygen atoms in total. The van der Waals surface area contributed by atoms with Crippen LogP contribution in [0.5, 0.6) is 0 Å². The van der Waals surface area contributed by atoms with Crippen LogP contribution in [0, 0.1) is 0 Å². The van der Waals surface area contributed by atoms with E-state index in [9.17, 15) is 0 Å². The number of nitrogens with zero attached hydrogens (tertiary/aromatic N) is 1. The minimum absolute atomic E-state index is 0.790. The van der Waals surface area contributed by atoms with E-state index in [2.05, 4.69) is 152 Å². The van der Waals surface area contributed by atoms with Crippen LogP contribution in [0.1, 0.15) is 0 Å². The summed E-state index contributed by atoms with van der Waals surface area (Å²) < 4.78 is 15.7. The van der Waals surface area contributed by atoms with Gasteiger partial charge in [-0.25, -0.2) is 4.98 Å². The van der Waals surface area contributed by atoms with Crippen LogP contribution in [0.3, 0.4) is 0 Å². The van der Waals surface area contributed by atoms with Gasteiger partial charge in [-0.1, -0.05) is 182 Å². The van der Waals surface area contributed by atoms with Crippen LogP contribution in [-0.4, -0.2) is 4.98 Å². The minimum atomic E-state index is -3.27. The maximum atomic E-state index is 15.7. The zero-order chi connectivity index (χ0) is 33.5. The van der Waals surface area contributed by atoms with Crippen LogP contribution >= 0.6 is 7.14 Å². The molecule has 0 fully saturated rings. The molecule has 1 heterocycles. The molecule has 8 aromatic carbocycles. The Bertz CT molecular complexity index is 2580. The summed E-state index contributed by atoms with van der Waals surface area (Å²) in [6.45, 7) is 0. The van der Waals surface area contributed by atoms with E-state index >= 15 is 4.57 Å². The SMILES string of the molecule is O=P(c1ccc(-c2ccc3ccccc3n2)cc1)(c1ccc(-c2cccc3ccccc23)cc1)c1ccc(-c2cccc3ccccc23)cc1. The molecule has 0 aliphatic heterocycles. The molecule has 0 aliphatic carbocycles. The number of aromatic nitrogens is 1. The number of para-hydroxylation sites is 1. The molecule has 0 radical (unpaired) electrons. The molecular formula is C47H32NOP. The average Bonchev–Trinajstić information content (AvgIpc) is 3.20. The second-order valence-corrected chi connectivity index (χ2v) is 15.5. The van der Waals surface area contributed by atoms with Crippen LogP contribution in [0.4, 0.5) is 0 Å². The molecule has 236 valence electrons. The van der Waals surface area contributed by atoms with Gasteiger partial charge in [0.05, 0.1) is 11.2 Å². The highest BCUT2D eigenvalue weighted by Crippen LogP contribution is 2.44. The van der Waals surface area contributed by atoms with Gasteiger partial charge in [-0.3, -0.25) is 0 Å². The number of hydrogen-bond acceptors (Lipinski definition) is 2. The molecule has 3 heteroatoms. The van der Waals surface area contributed by atoms with Gasteiger partial charge in [0.2, 0.25) is 0 Å². The molecule has 0 atom stereocenters. The summed E-state index contributed by atoms with van der Waals surface area (Å²) in [5.41, 5.74) is 7.36. The Balaban J connectivity index is 1.15. The molecule has 0 saturated carbocycles. The van der Waals surface area contributed by atoms with Gasteiger partial charge in [0, 0.05) is 26.9 Å². The smallest absolute Gasteiger partial charge is 0.171 e. The first kappa shape index (κ1) is 30.0. The lowest BCUT2D eigenvalue weighted by molar-refractivity contribution is 0.592. The van der Waals surface area contributed by atoms with Gasteiger partial charge in [-0.05, 0) is 55.9 Å². The molecule has 9 rings (SSSR count). The highest BCUT2D eigenvalue weighted by Gasteiger charge is 2.30. The van der Waals surface area contributed by atoms with Crippen molar-refractivity contribution in [2.45, 2.75) is 0 Å². The molecule has 0 saturated heterocycles. The fourth-order valence-electron chi connectivity index (χ4n) is 7.17. The molecule has 9 aromatic rings. The largest absolute Gasteiger partial charge is 0.309 e. The van der Waals surface area contributed by atoms with Gasteiger partial charge in [-0.15, -0.1) is 0 Å². The van der Waals surface area contributed by atoms with Crippen molar-refractivity contribution in [3.05, 3.63) is 194 Å². The molecule has 0 aliphatic rings. The van der Waals surface area contributed by atoms with Crippen LogP contribution in [0.15, 0.2) is 194 Å². The third-order valence-electron chi connectivity index (χ3n) is 9.79. The summed E-state index contributed by atoms with van der Waals surface area (Å²) in [5.74, 6) is 0. The topological polar surface area (TPSA) is 30.0 Å². The molecule has 0 unspecified atom stereocenters. The van der Waals surface area contributed by atoms with E-state index in [0.717, 1.165) is 60.3 Å². The zero-order valence-corrected chi connectivity index (χ0v) is 28.2. The highest BCUT2D eigenvalue weighted by molar-refractivity contribution is 7.85. The lowest BCUT2D eigenvalue weighted by Crippen LogP contribution is -2.25. The summed E-state index contributed by atoms with van der Waals surface area (Å²) in [6, 6.07) is 66.8. The van der Waals surface area contributed by atoms with Gasteiger partial charge in [0.1, 0.15) is 0 Å². The normalized spacial score (nSPS) is 11.7. The van der Waals surface area contributed by atoms with Crippen LogP contribution in [-0.2, 0) is 4.57 Å². The number of rotatable bonds is 6. The van der Waals surface area contributed by atoms with Crippen LogP contribution in [0.25, 0.3) is 66.0 Å². The predicted molar refractivity (Wildman–Crippen MR) is 212 cm³/mol. The maximum absolute atomic E-state index is 15.7. The molecule has 1 aromatic heterocycles. The van der Waals surface area contributed by atoms with Crippen molar-refractivity contribution in [3.8, 4) is 33.5 Å². The second kappa shape index (κ2) is 12.4. The lowest BCUT2D eigenvalue weighted by Gasteiger charge is -2.21. The van der Waals surface area contributed by atoms with E-state index in [4.69, 9.17) is 4.98 Å². The van der Waals surface area contributed by atoms with Crippen molar-refractivity contribution >= 4 is 55.5 Å². The Morgan fingerprint density at radius 3 is 1.28 bits per heavy atom. The molecule has 0 amide bonds. The van der Waals surface area contributed by atoms with E-state index in [0.29, 0.717) is 0 Å². The number of hydrogen-bond donors (Lipinski definition) is 0. The zero-order valence-electron chi connectivity index (χ0n) is 27.3. The Morgan fingerprint density at radius 1 is 0.340 bits per heavy atom. The van der Waals surface area contributed by atoms with E-state index < -0.39 is 7.14 Å². The fourth-order valence-corrected chi connectivity index (χ4v) is 9.77. The van der Waals surface area contributed by atoms with Gasteiger partial charge in [0.25, 0.3) is 0 Å². The van der Waals surface area contributed by atoms with E-state index in [-0.39, 0.29) is 0 Å². The second-order valence-electron chi connectivity index (χ2n) is 12.7. The van der Waals surface area contributed by atoms with Crippen molar-refractivity contribution in [1.29, 1.82) is 0 Å². The predicted octanol–water partition coefficient (Wildman–Crippen LogP) is 11.2. The van der Waals surface area contributed by atoms with Crippen molar-refractivity contribution in [2.75, 3.05) is 0 Å². The fraction of sp³-hybridized carbons (Fsp3) is 0. The highest BCUT2D eigenvalue weighted by atomic mass is 31.2. The average molecular weight is 658 g/mol. The van der Waals surface area contributed by atoms with E-state index in [1.165, 1.54) is 21.5 Å². The summed E-state index contributed by atoms with van der Waals surface area (Å²) in [7, 11) is -3.27. The first-order chi connectivity index (χ1) is 24.6. The first-order valence-electron chi connectivity index (χ1n) is 16.9. The Morgan fingerprint density at radius 2 is 0.760 bits per heavy atom. The van der Waals surface area contributed by atoms with Crippen molar-refractivity contribution in [1.82, 2.24) is 4.98 Å². The molecule has 0 N–H and O–H groups in total. The van der Waals surface area contributed by atoms with Gasteiger partial charge >= 0.3 is 0 Å². The van der Waals surface area contributed by atoms with Crippen LogP contribution < -0.4 is 15.9 Å². The van der Waals surface area contributed by atoms with Gasteiger partial charge in [-0.2, -0.15) is 0 Å². The lowest BCUT2D eigenvalue weighted by atomic mass is 9.98. The monoisotopic (exact) mass is 657 g/mol. The Hall–Kier alpha value is -6.08. The summed E-state index contributed by atoms with van der Waals surface area (Å²) >= 11 is 0. The summed E-state index contributed by atoms with van der Waals surface area (Å²) in [4.78, 5) is 4.90. The number of fused-ring (bicyclic) bond motifs is 3. The minimum Gasteiger partial charge on any atom is -0.309 e. The Kier molecular flexibility index (Phi) is 7.46. The maximum Gasteiger partial charge on any atom is 0.171 e. The van der Waals surface area contributed by atoms with Crippen molar-refractivity contribution in [3.63, 3.8) is 0 Å². The molecule has 0 bridgehead atoms. The summed E-state index contributed by atoms with van der Waals surface area (Å²) in [5, 5.41) is 8.31. The Labute approximate surface area is 291 Å². The summed E-state index contributed by atoms with van der Waals surface area (Å²) in [6.07, 6.45) is 0. The van der Waals surface area contributed by atoms with Gasteiger partial charge in [0.15, 0.2) is 7.14 Å². The van der Waals surface area contributed by atoms with Gasteiger partial charge < -0.3 is 4.57 Å². The van der Waals surface area contributed by atoms with Crippen LogP contribution in [0.2, 0.25) is 0 Å². The van der Waals surface area contributed by atoms with Crippen molar-refractivity contribution < 1.29 is 4.57 Å². The third-order valence-corrected chi connectivity index (χ3v) is 12.9.